The van der Waals surface area contributed by atoms with E-state index in [2.05, 4.69) is 23.0 Å². The Balaban J connectivity index is 1.99. The summed E-state index contributed by atoms with van der Waals surface area (Å²) in [6.07, 6.45) is 0. The standard InChI is InChI=1S/C20H18N4OS/c1-3-22-17-10-9-16(12-21)11-18(17)23-20-24(19(25)14(2)26-20)13-15-7-5-4-6-8-15/h4-11,22H,2-3,13H2,1H3. The number of nitriles is 1. The van der Waals surface area contributed by atoms with Gasteiger partial charge in [0.2, 0.25) is 0 Å². The summed E-state index contributed by atoms with van der Waals surface area (Å²) in [7, 11) is 0. The number of anilines is 1. The summed E-state index contributed by atoms with van der Waals surface area (Å²) >= 11 is 1.26. The van der Waals surface area contributed by atoms with Crippen LogP contribution in [0, 0.1) is 11.3 Å². The Hall–Kier alpha value is -3.04. The highest BCUT2D eigenvalue weighted by molar-refractivity contribution is 8.18. The SMILES string of the molecule is C=C1SC(=Nc2cc(C#N)ccc2NCC)N(Cc2ccccc2)C1=O. The van der Waals surface area contributed by atoms with Crippen LogP contribution in [0.15, 0.2) is 65.0 Å². The Bertz CT molecular complexity index is 915. The Morgan fingerprint density at radius 3 is 2.73 bits per heavy atom. The first-order chi connectivity index (χ1) is 12.6. The number of carbonyl (C=O) groups is 1. The van der Waals surface area contributed by atoms with Crippen molar-refractivity contribution >= 4 is 34.2 Å². The van der Waals surface area contributed by atoms with Gasteiger partial charge in [-0.2, -0.15) is 5.26 Å². The molecule has 1 fully saturated rings. The van der Waals surface area contributed by atoms with Crippen molar-refractivity contribution in [3.63, 3.8) is 0 Å². The average molecular weight is 362 g/mol. The topological polar surface area (TPSA) is 68.5 Å². The molecule has 1 aliphatic rings. The highest BCUT2D eigenvalue weighted by Crippen LogP contribution is 2.35. The van der Waals surface area contributed by atoms with Crippen molar-refractivity contribution in [1.82, 2.24) is 4.90 Å². The van der Waals surface area contributed by atoms with Crippen LogP contribution in [0.3, 0.4) is 0 Å². The Morgan fingerprint density at radius 1 is 1.27 bits per heavy atom. The highest BCUT2D eigenvalue weighted by Gasteiger charge is 2.32. The third-order valence-electron chi connectivity index (χ3n) is 3.82. The van der Waals surface area contributed by atoms with Gasteiger partial charge in [-0.1, -0.05) is 36.9 Å². The molecule has 0 bridgehead atoms. The van der Waals surface area contributed by atoms with Crippen LogP contribution in [0.2, 0.25) is 0 Å². The number of hydrogen-bond acceptors (Lipinski definition) is 5. The van der Waals surface area contributed by atoms with Crippen molar-refractivity contribution in [3.8, 4) is 6.07 Å². The van der Waals surface area contributed by atoms with E-state index in [1.165, 1.54) is 11.8 Å². The summed E-state index contributed by atoms with van der Waals surface area (Å²) in [5.74, 6) is -0.140. The molecule has 130 valence electrons. The number of aliphatic imine (C=N–C) groups is 1. The molecule has 1 heterocycles. The number of carbonyl (C=O) groups excluding carboxylic acids is 1. The van der Waals surface area contributed by atoms with Gasteiger partial charge in [0, 0.05) is 6.54 Å². The number of benzene rings is 2. The largest absolute Gasteiger partial charge is 0.384 e. The predicted molar refractivity (Wildman–Crippen MR) is 106 cm³/mol. The normalized spacial score (nSPS) is 15.4. The fourth-order valence-corrected chi connectivity index (χ4v) is 3.39. The summed E-state index contributed by atoms with van der Waals surface area (Å²) in [6, 6.07) is 17.2. The first-order valence-electron chi connectivity index (χ1n) is 8.21. The Kier molecular flexibility index (Phi) is 5.40. The van der Waals surface area contributed by atoms with Crippen LogP contribution in [0.4, 0.5) is 11.4 Å². The molecule has 0 aliphatic carbocycles. The molecule has 0 radical (unpaired) electrons. The van der Waals surface area contributed by atoms with E-state index in [0.29, 0.717) is 27.9 Å². The van der Waals surface area contributed by atoms with Crippen LogP contribution < -0.4 is 5.32 Å². The molecule has 0 saturated carbocycles. The second-order valence-corrected chi connectivity index (χ2v) is 6.73. The first kappa shape index (κ1) is 17.8. The molecule has 3 rings (SSSR count). The molecule has 0 atom stereocenters. The van der Waals surface area contributed by atoms with E-state index in [9.17, 15) is 10.1 Å². The molecule has 0 spiro atoms. The number of thioether (sulfide) groups is 1. The lowest BCUT2D eigenvalue weighted by Gasteiger charge is -2.16. The summed E-state index contributed by atoms with van der Waals surface area (Å²) in [4.78, 5) is 19.2. The molecule has 1 saturated heterocycles. The van der Waals surface area contributed by atoms with Crippen molar-refractivity contribution in [2.24, 2.45) is 4.99 Å². The quantitative estimate of drug-likeness (QED) is 0.807. The molecule has 26 heavy (non-hydrogen) atoms. The zero-order valence-electron chi connectivity index (χ0n) is 14.4. The molecular weight excluding hydrogens is 344 g/mol. The maximum atomic E-state index is 12.5. The van der Waals surface area contributed by atoms with Crippen LogP contribution in [0.5, 0.6) is 0 Å². The molecule has 1 aliphatic heterocycles. The van der Waals surface area contributed by atoms with E-state index in [4.69, 9.17) is 0 Å². The lowest BCUT2D eigenvalue weighted by atomic mass is 10.2. The Labute approximate surface area is 157 Å². The van der Waals surface area contributed by atoms with Crippen molar-refractivity contribution in [3.05, 3.63) is 71.1 Å². The number of nitrogens with one attached hydrogen (secondary N) is 1. The molecule has 5 nitrogen and oxygen atoms in total. The number of amidine groups is 1. The predicted octanol–water partition coefficient (Wildman–Crippen LogP) is 4.27. The minimum Gasteiger partial charge on any atom is -0.384 e. The maximum absolute atomic E-state index is 12.5. The third kappa shape index (κ3) is 3.79. The monoisotopic (exact) mass is 362 g/mol. The Morgan fingerprint density at radius 2 is 2.04 bits per heavy atom. The highest BCUT2D eigenvalue weighted by atomic mass is 32.2. The van der Waals surface area contributed by atoms with E-state index in [-0.39, 0.29) is 5.91 Å². The van der Waals surface area contributed by atoms with Gasteiger partial charge < -0.3 is 5.32 Å². The molecule has 2 aromatic carbocycles. The summed E-state index contributed by atoms with van der Waals surface area (Å²) < 4.78 is 0. The number of nitrogens with zero attached hydrogens (tertiary/aromatic N) is 3. The van der Waals surface area contributed by atoms with Crippen LogP contribution in [0.25, 0.3) is 0 Å². The van der Waals surface area contributed by atoms with Gasteiger partial charge in [-0.15, -0.1) is 0 Å². The molecule has 0 unspecified atom stereocenters. The van der Waals surface area contributed by atoms with E-state index < -0.39 is 0 Å². The first-order valence-corrected chi connectivity index (χ1v) is 9.03. The summed E-state index contributed by atoms with van der Waals surface area (Å²) in [5.41, 5.74) is 2.99. The average Bonchev–Trinajstić information content (AvgIpc) is 2.91. The number of amides is 1. The van der Waals surface area contributed by atoms with Crippen molar-refractivity contribution < 1.29 is 4.79 Å². The fourth-order valence-electron chi connectivity index (χ4n) is 2.57. The summed E-state index contributed by atoms with van der Waals surface area (Å²) in [6.45, 7) is 6.99. The van der Waals surface area contributed by atoms with E-state index in [0.717, 1.165) is 17.8 Å². The van der Waals surface area contributed by atoms with Gasteiger partial charge in [0.1, 0.15) is 0 Å². The van der Waals surface area contributed by atoms with Crippen LogP contribution in [-0.2, 0) is 11.3 Å². The second-order valence-electron chi connectivity index (χ2n) is 5.67. The molecule has 1 N–H and O–H groups in total. The maximum Gasteiger partial charge on any atom is 0.266 e. The van der Waals surface area contributed by atoms with E-state index in [1.807, 2.05) is 43.3 Å². The third-order valence-corrected chi connectivity index (χ3v) is 4.74. The zero-order chi connectivity index (χ0) is 18.5. The van der Waals surface area contributed by atoms with Crippen molar-refractivity contribution in [1.29, 1.82) is 5.26 Å². The van der Waals surface area contributed by atoms with E-state index in [1.54, 1.807) is 17.0 Å². The fraction of sp³-hybridized carbons (Fsp3) is 0.150. The molecule has 0 aromatic heterocycles. The van der Waals surface area contributed by atoms with Crippen molar-refractivity contribution in [2.75, 3.05) is 11.9 Å². The van der Waals surface area contributed by atoms with E-state index >= 15 is 0 Å². The summed E-state index contributed by atoms with van der Waals surface area (Å²) in [5, 5.41) is 13.0. The molecule has 2 aromatic rings. The van der Waals surface area contributed by atoms with Gasteiger partial charge in [-0.05, 0) is 42.4 Å². The number of hydrogen-bond donors (Lipinski definition) is 1. The van der Waals surface area contributed by atoms with Gasteiger partial charge in [-0.3, -0.25) is 9.69 Å². The van der Waals surface area contributed by atoms with Gasteiger partial charge in [-0.25, -0.2) is 4.99 Å². The smallest absolute Gasteiger partial charge is 0.266 e. The number of rotatable bonds is 5. The van der Waals surface area contributed by atoms with Crippen LogP contribution in [-0.4, -0.2) is 22.5 Å². The van der Waals surface area contributed by atoms with Crippen LogP contribution >= 0.6 is 11.8 Å². The van der Waals surface area contributed by atoms with Gasteiger partial charge in [0.25, 0.3) is 5.91 Å². The van der Waals surface area contributed by atoms with Gasteiger partial charge in [0.05, 0.1) is 34.5 Å². The molecule has 6 heteroatoms. The van der Waals surface area contributed by atoms with Gasteiger partial charge >= 0.3 is 0 Å². The van der Waals surface area contributed by atoms with Crippen LogP contribution in [0.1, 0.15) is 18.1 Å². The zero-order valence-corrected chi connectivity index (χ0v) is 15.2. The lowest BCUT2D eigenvalue weighted by Crippen LogP contribution is -2.28. The van der Waals surface area contributed by atoms with Gasteiger partial charge in [0.15, 0.2) is 5.17 Å². The minimum atomic E-state index is -0.140. The lowest BCUT2D eigenvalue weighted by molar-refractivity contribution is -0.122. The molecule has 1 amide bonds. The van der Waals surface area contributed by atoms with Crippen molar-refractivity contribution in [2.45, 2.75) is 13.5 Å². The molecular formula is C20H18N4OS. The second kappa shape index (κ2) is 7.89. The minimum absolute atomic E-state index is 0.140.